The fourth-order valence-corrected chi connectivity index (χ4v) is 4.88. The summed E-state index contributed by atoms with van der Waals surface area (Å²) in [5.41, 5.74) is 6.28. The SMILES string of the molecule is CN1c2c(Br)cccc2S(=O)(=O)CC1CCN. The molecule has 0 aliphatic carbocycles. The summed E-state index contributed by atoms with van der Waals surface area (Å²) in [5.74, 6) is 0.143. The lowest BCUT2D eigenvalue weighted by atomic mass is 10.1. The summed E-state index contributed by atoms with van der Waals surface area (Å²) in [5, 5.41) is 0. The number of halogens is 1. The van der Waals surface area contributed by atoms with Gasteiger partial charge in [-0.2, -0.15) is 0 Å². The number of benzene rings is 1. The van der Waals surface area contributed by atoms with Gasteiger partial charge in [0.25, 0.3) is 0 Å². The Morgan fingerprint density at radius 1 is 1.53 bits per heavy atom. The molecule has 0 amide bonds. The van der Waals surface area contributed by atoms with Crippen LogP contribution < -0.4 is 10.6 Å². The molecule has 1 aliphatic rings. The minimum absolute atomic E-state index is 0.0452. The monoisotopic (exact) mass is 318 g/mol. The Bertz CT molecular complexity index is 530. The van der Waals surface area contributed by atoms with Crippen molar-refractivity contribution < 1.29 is 8.42 Å². The molecule has 94 valence electrons. The minimum Gasteiger partial charge on any atom is -0.369 e. The van der Waals surface area contributed by atoms with Gasteiger partial charge in [0.2, 0.25) is 0 Å². The average molecular weight is 319 g/mol. The lowest BCUT2D eigenvalue weighted by Gasteiger charge is -2.36. The highest BCUT2D eigenvalue weighted by molar-refractivity contribution is 9.10. The Morgan fingerprint density at radius 3 is 2.88 bits per heavy atom. The van der Waals surface area contributed by atoms with E-state index in [1.807, 2.05) is 18.0 Å². The Balaban J connectivity index is 2.58. The van der Waals surface area contributed by atoms with E-state index in [0.717, 1.165) is 10.2 Å². The molecule has 0 saturated carbocycles. The first-order chi connectivity index (χ1) is 7.97. The highest BCUT2D eigenvalue weighted by Gasteiger charge is 2.34. The van der Waals surface area contributed by atoms with Crippen LogP contribution >= 0.6 is 15.9 Å². The van der Waals surface area contributed by atoms with Crippen LogP contribution in [0.1, 0.15) is 6.42 Å². The van der Waals surface area contributed by atoms with Gasteiger partial charge in [-0.3, -0.25) is 0 Å². The number of anilines is 1. The van der Waals surface area contributed by atoms with Gasteiger partial charge in [0.05, 0.1) is 16.3 Å². The Kier molecular flexibility index (Phi) is 3.47. The second-order valence-corrected chi connectivity index (χ2v) is 7.07. The van der Waals surface area contributed by atoms with Crippen molar-refractivity contribution in [1.29, 1.82) is 0 Å². The summed E-state index contributed by atoms with van der Waals surface area (Å²) in [6.07, 6.45) is 0.677. The third-order valence-corrected chi connectivity index (χ3v) is 5.56. The zero-order chi connectivity index (χ0) is 12.6. The van der Waals surface area contributed by atoms with Crippen LogP contribution in [0.4, 0.5) is 5.69 Å². The van der Waals surface area contributed by atoms with Gasteiger partial charge in [0.15, 0.2) is 9.84 Å². The van der Waals surface area contributed by atoms with Crippen molar-refractivity contribution in [1.82, 2.24) is 0 Å². The molecular weight excluding hydrogens is 304 g/mol. The molecule has 2 N–H and O–H groups in total. The molecule has 1 heterocycles. The standard InChI is InChI=1S/C11H15BrN2O2S/c1-14-8(5-6-13)7-17(15,16)10-4-2-3-9(12)11(10)14/h2-4,8H,5-7,13H2,1H3. The van der Waals surface area contributed by atoms with Crippen molar-refractivity contribution in [2.24, 2.45) is 5.73 Å². The lowest BCUT2D eigenvalue weighted by Crippen LogP contribution is -2.43. The van der Waals surface area contributed by atoms with Crippen LogP contribution in [0.25, 0.3) is 0 Å². The molecule has 6 heteroatoms. The van der Waals surface area contributed by atoms with Gasteiger partial charge in [0, 0.05) is 17.6 Å². The molecule has 0 aromatic heterocycles. The molecule has 1 atom stereocenters. The molecule has 4 nitrogen and oxygen atoms in total. The summed E-state index contributed by atoms with van der Waals surface area (Å²) in [6, 6.07) is 5.22. The molecule has 1 unspecified atom stereocenters. The first-order valence-electron chi connectivity index (χ1n) is 5.41. The van der Waals surface area contributed by atoms with Gasteiger partial charge < -0.3 is 10.6 Å². The van der Waals surface area contributed by atoms with Crippen molar-refractivity contribution in [2.45, 2.75) is 17.4 Å². The summed E-state index contributed by atoms with van der Waals surface area (Å²) in [6.45, 7) is 0.490. The molecule has 0 fully saturated rings. The van der Waals surface area contributed by atoms with Crippen LogP contribution in [0.5, 0.6) is 0 Å². The summed E-state index contributed by atoms with van der Waals surface area (Å²) in [4.78, 5) is 2.41. The van der Waals surface area contributed by atoms with Gasteiger partial charge >= 0.3 is 0 Å². The van der Waals surface area contributed by atoms with Gasteiger partial charge in [-0.1, -0.05) is 6.07 Å². The van der Waals surface area contributed by atoms with Gasteiger partial charge in [-0.25, -0.2) is 8.42 Å². The van der Waals surface area contributed by atoms with Crippen molar-refractivity contribution in [3.8, 4) is 0 Å². The first kappa shape index (κ1) is 12.9. The Morgan fingerprint density at radius 2 is 2.24 bits per heavy atom. The van der Waals surface area contributed by atoms with Crippen molar-refractivity contribution in [3.05, 3.63) is 22.7 Å². The van der Waals surface area contributed by atoms with E-state index in [1.54, 1.807) is 12.1 Å². The van der Waals surface area contributed by atoms with E-state index < -0.39 is 9.84 Å². The second kappa shape index (κ2) is 4.59. The van der Waals surface area contributed by atoms with E-state index >= 15 is 0 Å². The van der Waals surface area contributed by atoms with E-state index in [-0.39, 0.29) is 11.8 Å². The quantitative estimate of drug-likeness (QED) is 0.895. The highest BCUT2D eigenvalue weighted by atomic mass is 79.9. The largest absolute Gasteiger partial charge is 0.369 e. The van der Waals surface area contributed by atoms with E-state index in [1.165, 1.54) is 0 Å². The van der Waals surface area contributed by atoms with Gasteiger partial charge in [-0.15, -0.1) is 0 Å². The molecule has 1 aromatic carbocycles. The summed E-state index contributed by atoms with van der Waals surface area (Å²) >= 11 is 3.42. The Hall–Kier alpha value is -0.590. The number of fused-ring (bicyclic) bond motifs is 1. The zero-order valence-corrected chi connectivity index (χ0v) is 12.0. The van der Waals surface area contributed by atoms with E-state index in [9.17, 15) is 8.42 Å². The zero-order valence-electron chi connectivity index (χ0n) is 9.56. The lowest BCUT2D eigenvalue weighted by molar-refractivity contribution is 0.560. The second-order valence-electron chi connectivity index (χ2n) is 4.21. The minimum atomic E-state index is -3.20. The topological polar surface area (TPSA) is 63.4 Å². The number of para-hydroxylation sites is 1. The molecule has 2 rings (SSSR count). The smallest absolute Gasteiger partial charge is 0.182 e. The van der Waals surface area contributed by atoms with Crippen LogP contribution in [0.2, 0.25) is 0 Å². The molecule has 1 aliphatic heterocycles. The first-order valence-corrected chi connectivity index (χ1v) is 7.86. The maximum absolute atomic E-state index is 12.2. The fourth-order valence-electron chi connectivity index (χ4n) is 2.20. The molecule has 0 radical (unpaired) electrons. The molecule has 0 saturated heterocycles. The Labute approximate surface area is 110 Å². The maximum Gasteiger partial charge on any atom is 0.182 e. The van der Waals surface area contributed by atoms with Crippen LogP contribution in [0.3, 0.4) is 0 Å². The normalized spacial score (nSPS) is 22.3. The molecule has 1 aromatic rings. The van der Waals surface area contributed by atoms with E-state index in [2.05, 4.69) is 15.9 Å². The van der Waals surface area contributed by atoms with Crippen LogP contribution in [-0.4, -0.2) is 33.8 Å². The van der Waals surface area contributed by atoms with Crippen LogP contribution in [0.15, 0.2) is 27.6 Å². The summed E-state index contributed by atoms with van der Waals surface area (Å²) < 4.78 is 25.1. The van der Waals surface area contributed by atoms with Crippen molar-refractivity contribution >= 4 is 31.5 Å². The maximum atomic E-state index is 12.2. The predicted molar refractivity (Wildman–Crippen MR) is 72.1 cm³/mol. The number of nitrogens with zero attached hydrogens (tertiary/aromatic N) is 1. The van der Waals surface area contributed by atoms with E-state index in [0.29, 0.717) is 17.9 Å². The van der Waals surface area contributed by atoms with Crippen molar-refractivity contribution in [2.75, 3.05) is 24.2 Å². The van der Waals surface area contributed by atoms with E-state index in [4.69, 9.17) is 5.73 Å². The molecule has 0 spiro atoms. The molecule has 0 bridgehead atoms. The number of hydrogen-bond acceptors (Lipinski definition) is 4. The highest BCUT2D eigenvalue weighted by Crippen LogP contribution is 2.38. The van der Waals surface area contributed by atoms with Gasteiger partial charge in [-0.05, 0) is 41.0 Å². The van der Waals surface area contributed by atoms with Crippen molar-refractivity contribution in [3.63, 3.8) is 0 Å². The molecule has 17 heavy (non-hydrogen) atoms. The van der Waals surface area contributed by atoms with Crippen LogP contribution in [-0.2, 0) is 9.84 Å². The number of sulfone groups is 1. The third kappa shape index (κ3) is 2.21. The van der Waals surface area contributed by atoms with Gasteiger partial charge in [0.1, 0.15) is 0 Å². The predicted octanol–water partition coefficient (Wildman–Crippen LogP) is 1.39. The number of hydrogen-bond donors (Lipinski definition) is 1. The third-order valence-electron chi connectivity index (χ3n) is 3.10. The molecular formula is C11H15BrN2O2S. The fraction of sp³-hybridized carbons (Fsp3) is 0.455. The number of nitrogens with two attached hydrogens (primary N) is 1. The number of rotatable bonds is 2. The van der Waals surface area contributed by atoms with Crippen LogP contribution in [0, 0.1) is 0 Å². The summed E-state index contributed by atoms with van der Waals surface area (Å²) in [7, 11) is -1.28. The average Bonchev–Trinajstić information content (AvgIpc) is 2.25.